The van der Waals surface area contributed by atoms with Crippen LogP contribution in [0.1, 0.15) is 17.0 Å². The van der Waals surface area contributed by atoms with Crippen molar-refractivity contribution in [2.45, 2.75) is 5.92 Å². The second kappa shape index (κ2) is 6.76. The van der Waals surface area contributed by atoms with E-state index in [-0.39, 0.29) is 18.0 Å². The molecule has 1 radical (unpaired) electrons. The molecule has 0 aliphatic rings. The average molecular weight is 322 g/mol. The highest BCUT2D eigenvalue weighted by molar-refractivity contribution is 5.98. The minimum Gasteiger partial charge on any atom is -0.329 e. The fourth-order valence-electron chi connectivity index (χ4n) is 2.60. The molecular weight excluding hydrogens is 305 g/mol. The van der Waals surface area contributed by atoms with Gasteiger partial charge in [-0.3, -0.25) is 9.78 Å². The van der Waals surface area contributed by atoms with Gasteiger partial charge in [0.2, 0.25) is 5.91 Å². The number of rotatable bonds is 4. The Kier molecular flexibility index (Phi) is 4.53. The molecule has 0 aliphatic heterocycles. The molecule has 2 aromatic carbocycles. The van der Waals surface area contributed by atoms with Gasteiger partial charge in [0.25, 0.3) is 0 Å². The van der Waals surface area contributed by atoms with E-state index in [9.17, 15) is 9.18 Å². The Morgan fingerprint density at radius 2 is 2.04 bits per heavy atom. The molecule has 1 amide bonds. The van der Waals surface area contributed by atoms with E-state index in [1.807, 2.05) is 24.3 Å². The monoisotopic (exact) mass is 322 g/mol. The molecule has 1 heterocycles. The van der Waals surface area contributed by atoms with Crippen molar-refractivity contribution in [1.29, 1.82) is 0 Å². The summed E-state index contributed by atoms with van der Waals surface area (Å²) in [4.78, 5) is 16.6. The van der Waals surface area contributed by atoms with Gasteiger partial charge in [-0.2, -0.15) is 0 Å². The van der Waals surface area contributed by atoms with Gasteiger partial charge in [0.05, 0.1) is 5.92 Å². The number of halogens is 1. The third-order valence-corrected chi connectivity index (χ3v) is 3.93. The van der Waals surface area contributed by atoms with E-state index in [1.54, 1.807) is 24.5 Å². The summed E-state index contributed by atoms with van der Waals surface area (Å²) in [7, 11) is 0. The predicted molar refractivity (Wildman–Crippen MR) is 93.0 cm³/mol. The average Bonchev–Trinajstić information content (AvgIpc) is 2.58. The maximum Gasteiger partial charge on any atom is 0.233 e. The SMILES string of the molecule is [CH2]c1cc(C(CN)C(=O)Nc2ccc3cnccc3c2)ccc1F. The molecule has 1 atom stereocenters. The number of nitrogens with two attached hydrogens (primary N) is 1. The molecule has 0 spiro atoms. The van der Waals surface area contributed by atoms with Crippen molar-refractivity contribution >= 4 is 22.4 Å². The molecule has 3 aromatic rings. The maximum atomic E-state index is 13.4. The number of aromatic nitrogens is 1. The number of carbonyl (C=O) groups excluding carboxylic acids is 1. The van der Waals surface area contributed by atoms with Crippen LogP contribution in [0.2, 0.25) is 0 Å². The van der Waals surface area contributed by atoms with E-state index in [4.69, 9.17) is 5.73 Å². The summed E-state index contributed by atoms with van der Waals surface area (Å²) >= 11 is 0. The lowest BCUT2D eigenvalue weighted by molar-refractivity contribution is -0.117. The summed E-state index contributed by atoms with van der Waals surface area (Å²) in [5, 5.41) is 4.84. The first-order valence-electron chi connectivity index (χ1n) is 7.54. The molecule has 1 aromatic heterocycles. The predicted octanol–water partition coefficient (Wildman–Crippen LogP) is 3.24. The molecule has 121 valence electrons. The fourth-order valence-corrected chi connectivity index (χ4v) is 2.60. The van der Waals surface area contributed by atoms with Crippen LogP contribution in [0.3, 0.4) is 0 Å². The van der Waals surface area contributed by atoms with Crippen molar-refractivity contribution in [3.8, 4) is 0 Å². The van der Waals surface area contributed by atoms with Crippen LogP contribution in [-0.4, -0.2) is 17.4 Å². The number of nitrogens with one attached hydrogen (secondary N) is 1. The number of benzene rings is 2. The summed E-state index contributed by atoms with van der Waals surface area (Å²) in [6.07, 6.45) is 3.46. The van der Waals surface area contributed by atoms with E-state index in [1.165, 1.54) is 6.07 Å². The number of amides is 1. The lowest BCUT2D eigenvalue weighted by Gasteiger charge is -2.16. The zero-order valence-electron chi connectivity index (χ0n) is 13.0. The van der Waals surface area contributed by atoms with Gasteiger partial charge >= 0.3 is 0 Å². The van der Waals surface area contributed by atoms with E-state index in [2.05, 4.69) is 17.2 Å². The van der Waals surface area contributed by atoms with Crippen molar-refractivity contribution in [3.63, 3.8) is 0 Å². The van der Waals surface area contributed by atoms with E-state index >= 15 is 0 Å². The van der Waals surface area contributed by atoms with E-state index in [0.717, 1.165) is 10.8 Å². The molecule has 1 unspecified atom stereocenters. The smallest absolute Gasteiger partial charge is 0.233 e. The van der Waals surface area contributed by atoms with Crippen molar-refractivity contribution in [2.75, 3.05) is 11.9 Å². The van der Waals surface area contributed by atoms with Crippen LogP contribution in [0.5, 0.6) is 0 Å². The van der Waals surface area contributed by atoms with Crippen LogP contribution in [0.25, 0.3) is 10.8 Å². The van der Waals surface area contributed by atoms with Crippen LogP contribution < -0.4 is 11.1 Å². The summed E-state index contributed by atoms with van der Waals surface area (Å²) in [6, 6.07) is 11.9. The molecule has 3 rings (SSSR count). The lowest BCUT2D eigenvalue weighted by Crippen LogP contribution is -2.27. The molecule has 0 saturated heterocycles. The van der Waals surface area contributed by atoms with Crippen LogP contribution in [-0.2, 0) is 4.79 Å². The Morgan fingerprint density at radius 1 is 1.21 bits per heavy atom. The summed E-state index contributed by atoms with van der Waals surface area (Å²) < 4.78 is 13.4. The van der Waals surface area contributed by atoms with Gasteiger partial charge in [0, 0.05) is 30.0 Å². The Labute approximate surface area is 139 Å². The second-order valence-corrected chi connectivity index (χ2v) is 5.57. The third kappa shape index (κ3) is 3.26. The largest absolute Gasteiger partial charge is 0.329 e. The quantitative estimate of drug-likeness (QED) is 0.775. The minimum atomic E-state index is -0.570. The molecule has 24 heavy (non-hydrogen) atoms. The van der Waals surface area contributed by atoms with Gasteiger partial charge in [-0.05, 0) is 47.7 Å². The zero-order chi connectivity index (χ0) is 17.1. The maximum absolute atomic E-state index is 13.4. The first-order chi connectivity index (χ1) is 11.6. The Bertz CT molecular complexity index is 895. The van der Waals surface area contributed by atoms with E-state index in [0.29, 0.717) is 11.3 Å². The minimum absolute atomic E-state index is 0.119. The molecule has 3 N–H and O–H groups in total. The number of anilines is 1. The van der Waals surface area contributed by atoms with Crippen LogP contribution in [0.15, 0.2) is 54.9 Å². The van der Waals surface area contributed by atoms with Gasteiger partial charge in [0.15, 0.2) is 0 Å². The normalized spacial score (nSPS) is 12.1. The number of carbonyl (C=O) groups is 1. The van der Waals surface area contributed by atoms with E-state index < -0.39 is 11.7 Å². The Morgan fingerprint density at radius 3 is 2.79 bits per heavy atom. The van der Waals surface area contributed by atoms with Crippen LogP contribution >= 0.6 is 0 Å². The highest BCUT2D eigenvalue weighted by atomic mass is 19.1. The van der Waals surface area contributed by atoms with Gasteiger partial charge in [-0.1, -0.05) is 18.2 Å². The molecule has 5 heteroatoms. The van der Waals surface area contributed by atoms with Gasteiger partial charge in [0.1, 0.15) is 5.82 Å². The summed E-state index contributed by atoms with van der Waals surface area (Å²) in [5.41, 5.74) is 7.32. The molecule has 0 bridgehead atoms. The number of pyridine rings is 1. The summed E-state index contributed by atoms with van der Waals surface area (Å²) in [5.74, 6) is -1.21. The van der Waals surface area contributed by atoms with Crippen molar-refractivity contribution in [1.82, 2.24) is 4.98 Å². The summed E-state index contributed by atoms with van der Waals surface area (Å²) in [6.45, 7) is 3.74. The highest BCUT2D eigenvalue weighted by Gasteiger charge is 2.20. The first kappa shape index (κ1) is 16.1. The number of hydrogen-bond acceptors (Lipinski definition) is 3. The van der Waals surface area contributed by atoms with Crippen molar-refractivity contribution < 1.29 is 9.18 Å². The highest BCUT2D eigenvalue weighted by Crippen LogP contribution is 2.22. The lowest BCUT2D eigenvalue weighted by atomic mass is 9.96. The fraction of sp³-hybridized carbons (Fsp3) is 0.105. The molecule has 0 fully saturated rings. The molecule has 4 nitrogen and oxygen atoms in total. The zero-order valence-corrected chi connectivity index (χ0v) is 13.0. The van der Waals surface area contributed by atoms with Crippen LogP contribution in [0, 0.1) is 12.7 Å². The second-order valence-electron chi connectivity index (χ2n) is 5.57. The molecule has 0 aliphatic carbocycles. The molecular formula is C19H17FN3O. The number of nitrogens with zero attached hydrogens (tertiary/aromatic N) is 1. The van der Waals surface area contributed by atoms with Gasteiger partial charge < -0.3 is 11.1 Å². The van der Waals surface area contributed by atoms with Crippen molar-refractivity contribution in [3.05, 3.63) is 78.7 Å². The number of fused-ring (bicyclic) bond motifs is 1. The Balaban J connectivity index is 1.84. The van der Waals surface area contributed by atoms with Gasteiger partial charge in [-0.15, -0.1) is 0 Å². The first-order valence-corrected chi connectivity index (χ1v) is 7.54. The Hall–Kier alpha value is -2.79. The van der Waals surface area contributed by atoms with Crippen LogP contribution in [0.4, 0.5) is 10.1 Å². The standard InChI is InChI=1S/C19H17FN3O/c1-12-8-14(3-5-18(12)20)17(10-21)19(24)23-16-4-2-15-11-22-7-6-13(15)9-16/h2-9,11,17H,1,10,21H2,(H,23,24). The van der Waals surface area contributed by atoms with Crippen molar-refractivity contribution in [2.24, 2.45) is 5.73 Å². The van der Waals surface area contributed by atoms with Gasteiger partial charge in [-0.25, -0.2) is 4.39 Å². The number of hydrogen-bond donors (Lipinski definition) is 2. The topological polar surface area (TPSA) is 68.0 Å². The third-order valence-electron chi connectivity index (χ3n) is 3.93. The molecule has 0 saturated carbocycles.